The van der Waals surface area contributed by atoms with Crippen molar-refractivity contribution < 1.29 is 4.74 Å². The van der Waals surface area contributed by atoms with Gasteiger partial charge in [0, 0.05) is 23.0 Å². The van der Waals surface area contributed by atoms with E-state index in [9.17, 15) is 0 Å². The molecule has 2 nitrogen and oxygen atoms in total. The summed E-state index contributed by atoms with van der Waals surface area (Å²) in [5, 5.41) is 0.701. The molecule has 2 N–H and O–H groups in total. The molecule has 19 heavy (non-hydrogen) atoms. The van der Waals surface area contributed by atoms with E-state index in [1.807, 2.05) is 18.2 Å². The van der Waals surface area contributed by atoms with E-state index in [4.69, 9.17) is 22.1 Å². The third-order valence-electron chi connectivity index (χ3n) is 3.56. The van der Waals surface area contributed by atoms with Gasteiger partial charge >= 0.3 is 0 Å². The molecule has 98 valence electrons. The molecule has 3 heteroatoms. The van der Waals surface area contributed by atoms with Gasteiger partial charge in [0.25, 0.3) is 0 Å². The Labute approximate surface area is 118 Å². The second-order valence-corrected chi connectivity index (χ2v) is 5.48. The zero-order valence-corrected chi connectivity index (χ0v) is 11.5. The van der Waals surface area contributed by atoms with E-state index in [0.29, 0.717) is 5.02 Å². The molecule has 0 aliphatic carbocycles. The van der Waals surface area contributed by atoms with Crippen LogP contribution >= 0.6 is 11.6 Å². The summed E-state index contributed by atoms with van der Waals surface area (Å²) in [6.07, 6.45) is 0.792. The molecule has 1 aliphatic heterocycles. The molecule has 0 saturated heterocycles. The van der Waals surface area contributed by atoms with Gasteiger partial charge in [-0.2, -0.15) is 0 Å². The Balaban J connectivity index is 1.92. The lowest BCUT2D eigenvalue weighted by Gasteiger charge is -2.30. The van der Waals surface area contributed by atoms with Crippen LogP contribution in [0, 0.1) is 6.92 Å². The molecular formula is C16H16ClNO. The SMILES string of the molecule is Cc1ccc(C2C[C@H](N)c3cc(Cl)ccc3O2)cc1. The first-order valence-electron chi connectivity index (χ1n) is 6.42. The van der Waals surface area contributed by atoms with E-state index in [1.54, 1.807) is 0 Å². The second kappa shape index (κ2) is 4.87. The van der Waals surface area contributed by atoms with Gasteiger partial charge in [0.1, 0.15) is 11.9 Å². The van der Waals surface area contributed by atoms with Crippen LogP contribution < -0.4 is 10.5 Å². The molecule has 0 amide bonds. The van der Waals surface area contributed by atoms with Gasteiger partial charge in [-0.1, -0.05) is 41.4 Å². The van der Waals surface area contributed by atoms with Crippen LogP contribution in [0.15, 0.2) is 42.5 Å². The van der Waals surface area contributed by atoms with Crippen molar-refractivity contribution in [1.29, 1.82) is 0 Å². The van der Waals surface area contributed by atoms with Gasteiger partial charge in [-0.05, 0) is 30.7 Å². The fourth-order valence-corrected chi connectivity index (χ4v) is 2.64. The molecule has 3 rings (SSSR count). The predicted molar refractivity (Wildman–Crippen MR) is 77.5 cm³/mol. The third-order valence-corrected chi connectivity index (χ3v) is 3.79. The molecule has 0 saturated carbocycles. The summed E-state index contributed by atoms with van der Waals surface area (Å²) in [5.41, 5.74) is 9.64. The number of benzene rings is 2. The molecule has 0 radical (unpaired) electrons. The van der Waals surface area contributed by atoms with E-state index in [0.717, 1.165) is 17.7 Å². The van der Waals surface area contributed by atoms with E-state index < -0.39 is 0 Å². The van der Waals surface area contributed by atoms with Crippen LogP contribution in [-0.2, 0) is 0 Å². The van der Waals surface area contributed by atoms with Crippen molar-refractivity contribution in [3.05, 3.63) is 64.2 Å². The molecule has 2 atom stereocenters. The Morgan fingerprint density at radius 2 is 1.89 bits per heavy atom. The average Bonchev–Trinajstić information content (AvgIpc) is 2.40. The molecule has 1 unspecified atom stereocenters. The summed E-state index contributed by atoms with van der Waals surface area (Å²) in [5.74, 6) is 0.841. The van der Waals surface area contributed by atoms with Crippen LogP contribution in [0.4, 0.5) is 0 Å². The Bertz CT molecular complexity index is 594. The molecule has 0 spiro atoms. The van der Waals surface area contributed by atoms with E-state index in [2.05, 4.69) is 31.2 Å². The largest absolute Gasteiger partial charge is 0.485 e. The van der Waals surface area contributed by atoms with E-state index in [1.165, 1.54) is 11.1 Å². The number of ether oxygens (including phenoxy) is 1. The Morgan fingerprint density at radius 1 is 1.16 bits per heavy atom. The quantitative estimate of drug-likeness (QED) is 0.846. The van der Waals surface area contributed by atoms with Crippen LogP contribution in [-0.4, -0.2) is 0 Å². The first kappa shape index (κ1) is 12.5. The van der Waals surface area contributed by atoms with Crippen molar-refractivity contribution in [2.75, 3.05) is 0 Å². The minimum atomic E-state index is -0.0336. The molecular weight excluding hydrogens is 258 g/mol. The zero-order valence-electron chi connectivity index (χ0n) is 10.8. The minimum absolute atomic E-state index is 0.0178. The number of nitrogens with two attached hydrogens (primary N) is 1. The van der Waals surface area contributed by atoms with Crippen LogP contribution in [0.1, 0.15) is 35.3 Å². The van der Waals surface area contributed by atoms with Gasteiger partial charge in [0.05, 0.1) is 0 Å². The normalized spacial score (nSPS) is 21.6. The Hall–Kier alpha value is -1.51. The topological polar surface area (TPSA) is 35.2 Å². The molecule has 2 aromatic rings. The number of fused-ring (bicyclic) bond motifs is 1. The van der Waals surface area contributed by atoms with Crippen molar-refractivity contribution in [3.8, 4) is 5.75 Å². The van der Waals surface area contributed by atoms with Gasteiger partial charge < -0.3 is 10.5 Å². The van der Waals surface area contributed by atoms with Gasteiger partial charge in [0.15, 0.2) is 0 Å². The number of aryl methyl sites for hydroxylation is 1. The van der Waals surface area contributed by atoms with Crippen molar-refractivity contribution in [2.24, 2.45) is 5.73 Å². The van der Waals surface area contributed by atoms with Gasteiger partial charge in [-0.15, -0.1) is 0 Å². The van der Waals surface area contributed by atoms with Crippen LogP contribution in [0.5, 0.6) is 5.75 Å². The first-order valence-corrected chi connectivity index (χ1v) is 6.79. The maximum atomic E-state index is 6.23. The van der Waals surface area contributed by atoms with Crippen molar-refractivity contribution in [1.82, 2.24) is 0 Å². The summed E-state index contributed by atoms with van der Waals surface area (Å²) < 4.78 is 6.04. The lowest BCUT2D eigenvalue weighted by Crippen LogP contribution is -2.24. The lowest BCUT2D eigenvalue weighted by molar-refractivity contribution is 0.161. The second-order valence-electron chi connectivity index (χ2n) is 5.04. The fourth-order valence-electron chi connectivity index (χ4n) is 2.46. The van der Waals surface area contributed by atoms with Crippen LogP contribution in [0.25, 0.3) is 0 Å². The zero-order chi connectivity index (χ0) is 13.4. The smallest absolute Gasteiger partial charge is 0.126 e. The maximum Gasteiger partial charge on any atom is 0.126 e. The average molecular weight is 274 g/mol. The maximum absolute atomic E-state index is 6.23. The van der Waals surface area contributed by atoms with Crippen LogP contribution in [0.3, 0.4) is 0 Å². The molecule has 1 heterocycles. The number of hydrogen-bond donors (Lipinski definition) is 1. The van der Waals surface area contributed by atoms with Crippen molar-refractivity contribution in [3.63, 3.8) is 0 Å². The highest BCUT2D eigenvalue weighted by Crippen LogP contribution is 2.40. The fraction of sp³-hybridized carbons (Fsp3) is 0.250. The van der Waals surface area contributed by atoms with Crippen LogP contribution in [0.2, 0.25) is 5.02 Å². The lowest BCUT2D eigenvalue weighted by atomic mass is 9.93. The van der Waals surface area contributed by atoms with Crippen molar-refractivity contribution in [2.45, 2.75) is 25.5 Å². The summed E-state index contributed by atoms with van der Waals surface area (Å²) in [4.78, 5) is 0. The Morgan fingerprint density at radius 3 is 2.63 bits per heavy atom. The predicted octanol–water partition coefficient (Wildman–Crippen LogP) is 4.17. The number of halogens is 1. The minimum Gasteiger partial charge on any atom is -0.485 e. The molecule has 2 aromatic carbocycles. The highest BCUT2D eigenvalue weighted by Gasteiger charge is 2.27. The molecule has 0 bridgehead atoms. The van der Waals surface area contributed by atoms with Gasteiger partial charge in [-0.25, -0.2) is 0 Å². The summed E-state index contributed by atoms with van der Waals surface area (Å²) in [7, 11) is 0. The molecule has 0 fully saturated rings. The van der Waals surface area contributed by atoms with E-state index >= 15 is 0 Å². The molecule has 0 aromatic heterocycles. The standard InChI is InChI=1S/C16H16ClNO/c1-10-2-4-11(5-3-10)16-9-14(18)13-8-12(17)6-7-15(13)19-16/h2-8,14,16H,9,18H2,1H3/t14-,16?/m0/s1. The van der Waals surface area contributed by atoms with Gasteiger partial charge in [0.2, 0.25) is 0 Å². The first-order chi connectivity index (χ1) is 9.13. The number of hydrogen-bond acceptors (Lipinski definition) is 2. The Kier molecular flexibility index (Phi) is 3.21. The monoisotopic (exact) mass is 273 g/mol. The summed E-state index contributed by atoms with van der Waals surface area (Å²) in [6, 6.07) is 14.0. The highest BCUT2D eigenvalue weighted by molar-refractivity contribution is 6.30. The summed E-state index contributed by atoms with van der Waals surface area (Å²) in [6.45, 7) is 2.08. The molecule has 1 aliphatic rings. The van der Waals surface area contributed by atoms with Gasteiger partial charge in [-0.3, -0.25) is 0 Å². The third kappa shape index (κ3) is 2.46. The van der Waals surface area contributed by atoms with E-state index in [-0.39, 0.29) is 12.1 Å². The summed E-state index contributed by atoms with van der Waals surface area (Å²) >= 11 is 6.00. The van der Waals surface area contributed by atoms with Crippen molar-refractivity contribution >= 4 is 11.6 Å². The highest BCUT2D eigenvalue weighted by atomic mass is 35.5. The number of rotatable bonds is 1.